The third-order valence-corrected chi connectivity index (χ3v) is 6.62. The minimum absolute atomic E-state index is 0.0379. The summed E-state index contributed by atoms with van der Waals surface area (Å²) in [6, 6.07) is 10.6. The Bertz CT molecular complexity index is 1560. The number of carboxylic acids is 1. The number of rotatable bonds is 5. The molecule has 0 radical (unpaired) electrons. The fourth-order valence-electron chi connectivity index (χ4n) is 4.17. The number of nitrogens with zero attached hydrogens (tertiary/aromatic N) is 1. The molecule has 0 saturated heterocycles. The summed E-state index contributed by atoms with van der Waals surface area (Å²) in [5.74, 6) is -4.80. The molecule has 4 rings (SSSR count). The first-order valence-electron chi connectivity index (χ1n) is 10.5. The molecule has 0 fully saturated rings. The highest BCUT2D eigenvalue weighted by atomic mass is 35.5. The second kappa shape index (κ2) is 8.79. The van der Waals surface area contributed by atoms with Gasteiger partial charge in [-0.15, -0.1) is 0 Å². The fraction of sp³-hybridized carbons (Fsp3) is 0.200. The number of aromatic carboxylic acids is 1. The largest absolute Gasteiger partial charge is 0.478 e. The van der Waals surface area contributed by atoms with Gasteiger partial charge in [0, 0.05) is 18.0 Å². The Kier molecular flexibility index (Phi) is 6.22. The van der Waals surface area contributed by atoms with Crippen LogP contribution in [0.2, 0.25) is 5.02 Å². The number of aryl methyl sites for hydroxylation is 1. The number of fused-ring (bicyclic) bond motifs is 1. The second-order valence-corrected chi connectivity index (χ2v) is 8.74. The van der Waals surface area contributed by atoms with Crippen LogP contribution in [0, 0.1) is 5.82 Å². The summed E-state index contributed by atoms with van der Waals surface area (Å²) in [7, 11) is 1.33. The molecule has 11 heteroatoms. The summed E-state index contributed by atoms with van der Waals surface area (Å²) in [4.78, 5) is 22.8. The molecule has 188 valence electrons. The summed E-state index contributed by atoms with van der Waals surface area (Å²) in [6.07, 6.45) is -5.14. The van der Waals surface area contributed by atoms with Crippen LogP contribution in [0.25, 0.3) is 22.2 Å². The van der Waals surface area contributed by atoms with Gasteiger partial charge in [0.15, 0.2) is 11.2 Å². The van der Waals surface area contributed by atoms with Gasteiger partial charge in [-0.2, -0.15) is 13.2 Å². The van der Waals surface area contributed by atoms with Gasteiger partial charge in [-0.1, -0.05) is 42.8 Å². The fourth-order valence-corrected chi connectivity index (χ4v) is 4.52. The average molecular weight is 524 g/mol. The van der Waals surface area contributed by atoms with Crippen molar-refractivity contribution in [2.45, 2.75) is 24.6 Å². The molecule has 0 aliphatic rings. The third-order valence-electron chi connectivity index (χ3n) is 6.29. The Labute approximate surface area is 206 Å². The lowest BCUT2D eigenvalue weighted by Crippen LogP contribution is -2.46. The molecule has 6 nitrogen and oxygen atoms in total. The SMILES string of the molecule is C[C@H](c1ccc(-c2ccc(C(=O)O)c(F)c2)cc1Cl)[C@@](O)(c1ccc2oc(=O)n(C)c2c1)C(F)(F)F. The van der Waals surface area contributed by atoms with Gasteiger partial charge < -0.3 is 14.6 Å². The van der Waals surface area contributed by atoms with Gasteiger partial charge in [0.1, 0.15) is 5.82 Å². The van der Waals surface area contributed by atoms with E-state index in [0.29, 0.717) is 5.56 Å². The number of carbonyl (C=O) groups is 1. The van der Waals surface area contributed by atoms with Crippen molar-refractivity contribution in [3.63, 3.8) is 0 Å². The molecule has 36 heavy (non-hydrogen) atoms. The van der Waals surface area contributed by atoms with E-state index in [4.69, 9.17) is 21.1 Å². The Balaban J connectivity index is 1.79. The highest BCUT2D eigenvalue weighted by Gasteiger charge is 2.59. The van der Waals surface area contributed by atoms with Crippen LogP contribution < -0.4 is 5.76 Å². The minimum Gasteiger partial charge on any atom is -0.478 e. The van der Waals surface area contributed by atoms with Crippen molar-refractivity contribution < 1.29 is 37.0 Å². The van der Waals surface area contributed by atoms with E-state index in [1.807, 2.05) is 0 Å². The molecular weight excluding hydrogens is 506 g/mol. The van der Waals surface area contributed by atoms with Crippen LogP contribution in [-0.2, 0) is 12.6 Å². The first-order valence-corrected chi connectivity index (χ1v) is 10.8. The van der Waals surface area contributed by atoms with E-state index in [9.17, 15) is 32.3 Å². The number of aliphatic hydroxyl groups is 1. The van der Waals surface area contributed by atoms with E-state index in [0.717, 1.165) is 35.8 Å². The van der Waals surface area contributed by atoms with Crippen molar-refractivity contribution in [3.8, 4) is 11.1 Å². The molecule has 1 aromatic heterocycles. The number of oxazole rings is 1. The normalized spacial score (nSPS) is 14.6. The van der Waals surface area contributed by atoms with Crippen LogP contribution in [-0.4, -0.2) is 26.9 Å². The standard InChI is InChI=1S/C25H18ClF4NO5/c1-12(16-6-3-13(9-18(16)26)14-4-7-17(22(32)33)19(27)10-14)24(35,25(28,29)30)15-5-8-21-20(11-15)31(2)23(34)36-21/h3-12,35H,1-2H3,(H,32,33)/t12-,24-/m1/s1. The first kappa shape index (κ1) is 25.5. The Hall–Kier alpha value is -3.63. The lowest BCUT2D eigenvalue weighted by molar-refractivity contribution is -0.274. The van der Waals surface area contributed by atoms with E-state index in [-0.39, 0.29) is 27.2 Å². The Morgan fingerprint density at radius 1 is 1.06 bits per heavy atom. The van der Waals surface area contributed by atoms with E-state index >= 15 is 0 Å². The van der Waals surface area contributed by atoms with Crippen LogP contribution in [0.15, 0.2) is 63.8 Å². The van der Waals surface area contributed by atoms with Gasteiger partial charge in [0.05, 0.1) is 11.1 Å². The molecule has 1 heterocycles. The lowest BCUT2D eigenvalue weighted by Gasteiger charge is -2.37. The van der Waals surface area contributed by atoms with Gasteiger partial charge >= 0.3 is 17.9 Å². The number of aromatic nitrogens is 1. The lowest BCUT2D eigenvalue weighted by atomic mass is 9.77. The minimum atomic E-state index is -5.14. The van der Waals surface area contributed by atoms with Crippen LogP contribution in [0.1, 0.15) is 34.3 Å². The molecule has 0 aliphatic heterocycles. The van der Waals surface area contributed by atoms with Crippen molar-refractivity contribution in [1.29, 1.82) is 0 Å². The number of alkyl halides is 3. The number of hydrogen-bond acceptors (Lipinski definition) is 4. The molecule has 0 aliphatic carbocycles. The predicted octanol–water partition coefficient (Wildman–Crippen LogP) is 5.84. The summed E-state index contributed by atoms with van der Waals surface area (Å²) in [6.45, 7) is 1.16. The van der Waals surface area contributed by atoms with Crippen molar-refractivity contribution in [2.75, 3.05) is 0 Å². The summed E-state index contributed by atoms with van der Waals surface area (Å²) < 4.78 is 63.2. The van der Waals surface area contributed by atoms with Crippen LogP contribution in [0.5, 0.6) is 0 Å². The zero-order valence-electron chi connectivity index (χ0n) is 18.7. The number of carboxylic acid groups (broad SMARTS) is 1. The molecule has 0 amide bonds. The maximum absolute atomic E-state index is 14.4. The molecule has 0 spiro atoms. The third kappa shape index (κ3) is 4.06. The molecule has 0 bridgehead atoms. The molecule has 4 aromatic rings. The van der Waals surface area contributed by atoms with E-state index < -0.39 is 46.4 Å². The highest BCUT2D eigenvalue weighted by Crippen LogP contribution is 2.50. The van der Waals surface area contributed by atoms with E-state index in [1.165, 1.54) is 37.4 Å². The summed E-state index contributed by atoms with van der Waals surface area (Å²) in [5.41, 5.74) is -3.75. The van der Waals surface area contributed by atoms with Crippen molar-refractivity contribution in [2.24, 2.45) is 7.05 Å². The second-order valence-electron chi connectivity index (χ2n) is 8.33. The topological polar surface area (TPSA) is 92.7 Å². The summed E-state index contributed by atoms with van der Waals surface area (Å²) >= 11 is 6.34. The van der Waals surface area contributed by atoms with Gasteiger partial charge in [-0.25, -0.2) is 14.0 Å². The van der Waals surface area contributed by atoms with Crippen molar-refractivity contribution in [3.05, 3.63) is 92.7 Å². The highest BCUT2D eigenvalue weighted by molar-refractivity contribution is 6.31. The molecule has 0 unspecified atom stereocenters. The zero-order chi connectivity index (χ0) is 26.6. The molecule has 2 N–H and O–H groups in total. The molecule has 3 aromatic carbocycles. The Morgan fingerprint density at radius 3 is 2.28 bits per heavy atom. The quantitative estimate of drug-likeness (QED) is 0.320. The van der Waals surface area contributed by atoms with Crippen molar-refractivity contribution in [1.82, 2.24) is 4.57 Å². The summed E-state index contributed by atoms with van der Waals surface area (Å²) in [5, 5.41) is 20.0. The van der Waals surface area contributed by atoms with Crippen molar-refractivity contribution >= 4 is 28.7 Å². The molecule has 2 atom stereocenters. The predicted molar refractivity (Wildman–Crippen MR) is 124 cm³/mol. The number of halogens is 5. The maximum Gasteiger partial charge on any atom is 0.422 e. The van der Waals surface area contributed by atoms with Gasteiger partial charge in [0.25, 0.3) is 0 Å². The van der Waals surface area contributed by atoms with Gasteiger partial charge in [-0.05, 0) is 52.6 Å². The van der Waals surface area contributed by atoms with E-state index in [1.54, 1.807) is 0 Å². The Morgan fingerprint density at radius 2 is 1.69 bits per heavy atom. The van der Waals surface area contributed by atoms with Crippen LogP contribution >= 0.6 is 11.6 Å². The molecular formula is C25H18ClF4NO5. The monoisotopic (exact) mass is 523 g/mol. The number of benzene rings is 3. The maximum atomic E-state index is 14.4. The van der Waals surface area contributed by atoms with Crippen LogP contribution in [0.3, 0.4) is 0 Å². The first-order chi connectivity index (χ1) is 16.8. The van der Waals surface area contributed by atoms with Crippen LogP contribution in [0.4, 0.5) is 17.6 Å². The van der Waals surface area contributed by atoms with Gasteiger partial charge in [-0.3, -0.25) is 4.57 Å². The zero-order valence-corrected chi connectivity index (χ0v) is 19.5. The molecule has 0 saturated carbocycles. The number of hydrogen-bond donors (Lipinski definition) is 2. The van der Waals surface area contributed by atoms with E-state index in [2.05, 4.69) is 0 Å². The average Bonchev–Trinajstić information content (AvgIpc) is 3.09. The van der Waals surface area contributed by atoms with Gasteiger partial charge in [0.2, 0.25) is 0 Å². The smallest absolute Gasteiger partial charge is 0.422 e.